The average Bonchev–Trinajstić information content (AvgIpc) is 3.02. The summed E-state index contributed by atoms with van der Waals surface area (Å²) in [5.41, 5.74) is 6.28. The third-order valence-corrected chi connectivity index (χ3v) is 4.20. The number of hydrogen-bond acceptors (Lipinski definition) is 6. The Hall–Kier alpha value is -2.66. The number of benzene rings is 1. The van der Waals surface area contributed by atoms with Crippen molar-refractivity contribution < 1.29 is 9.72 Å². The maximum Gasteiger partial charge on any atom is 0.270 e. The van der Waals surface area contributed by atoms with Crippen molar-refractivity contribution in [2.75, 3.05) is 18.0 Å². The summed E-state index contributed by atoms with van der Waals surface area (Å²) in [5.74, 6) is -0.358. The van der Waals surface area contributed by atoms with Crippen LogP contribution in [0.5, 0.6) is 0 Å². The molecule has 2 rings (SSSR count). The first-order chi connectivity index (χ1) is 11.5. The number of hydrogen-bond donors (Lipinski definition) is 2. The molecule has 0 aliphatic carbocycles. The lowest BCUT2D eigenvalue weighted by Crippen LogP contribution is -2.47. The molecule has 1 aliphatic rings. The maximum atomic E-state index is 11.5. The number of primary amides is 1. The molecule has 0 radical (unpaired) electrons. The second-order valence-corrected chi connectivity index (χ2v) is 5.91. The third-order valence-electron chi connectivity index (χ3n) is 4.20. The predicted octanol–water partition coefficient (Wildman–Crippen LogP) is 1.29. The van der Waals surface area contributed by atoms with Crippen LogP contribution in [-0.4, -0.2) is 36.0 Å². The zero-order valence-electron chi connectivity index (χ0n) is 13.6. The number of non-ortho nitro benzene ring substituents is 1. The molecule has 3 N–H and O–H groups in total. The topological polar surface area (TPSA) is 125 Å². The van der Waals surface area contributed by atoms with E-state index in [0.29, 0.717) is 25.2 Å². The van der Waals surface area contributed by atoms with Crippen molar-refractivity contribution in [3.8, 4) is 6.07 Å². The Kier molecular flexibility index (Phi) is 5.71. The maximum absolute atomic E-state index is 11.5. The molecular formula is C16H21N5O3. The van der Waals surface area contributed by atoms with E-state index >= 15 is 0 Å². The number of nitriles is 1. The Morgan fingerprint density at radius 1 is 1.62 bits per heavy atom. The summed E-state index contributed by atoms with van der Waals surface area (Å²) >= 11 is 0. The molecule has 1 heterocycles. The fourth-order valence-electron chi connectivity index (χ4n) is 3.00. The van der Waals surface area contributed by atoms with Gasteiger partial charge in [0.15, 0.2) is 0 Å². The highest BCUT2D eigenvalue weighted by Gasteiger charge is 2.28. The first kappa shape index (κ1) is 17.7. The van der Waals surface area contributed by atoms with E-state index < -0.39 is 4.92 Å². The van der Waals surface area contributed by atoms with E-state index in [9.17, 15) is 20.2 Å². The molecule has 8 heteroatoms. The highest BCUT2D eigenvalue weighted by molar-refractivity contribution is 5.79. The minimum absolute atomic E-state index is 0.0933. The SMILES string of the molecule is CCC[C@H](N[C@H]1CCN(c2ccc([N+](=O)[O-])cc2C#N)C1)C(N)=O. The number of nitrogens with zero attached hydrogens (tertiary/aromatic N) is 3. The standard InChI is InChI=1S/C16H21N5O3/c1-2-3-14(16(18)22)19-12-6-7-20(10-12)15-5-4-13(21(23)24)8-11(15)9-17/h4-5,8,12,14,19H,2-3,6-7,10H2,1H3,(H2,18,22)/t12-,14-/m0/s1. The van der Waals surface area contributed by atoms with E-state index in [1.807, 2.05) is 17.9 Å². The van der Waals surface area contributed by atoms with Crippen molar-refractivity contribution in [3.63, 3.8) is 0 Å². The lowest BCUT2D eigenvalue weighted by molar-refractivity contribution is -0.384. The molecule has 0 aromatic heterocycles. The second-order valence-electron chi connectivity index (χ2n) is 5.91. The number of carbonyl (C=O) groups excluding carboxylic acids is 1. The number of rotatable bonds is 7. The van der Waals surface area contributed by atoms with Gasteiger partial charge < -0.3 is 16.0 Å². The summed E-state index contributed by atoms with van der Waals surface area (Å²) in [6.45, 7) is 3.33. The fourth-order valence-corrected chi connectivity index (χ4v) is 3.00. The number of nitro groups is 1. The zero-order chi connectivity index (χ0) is 17.7. The first-order valence-corrected chi connectivity index (χ1v) is 7.95. The quantitative estimate of drug-likeness (QED) is 0.573. The largest absolute Gasteiger partial charge is 0.369 e. The van der Waals surface area contributed by atoms with E-state index in [-0.39, 0.29) is 29.2 Å². The Labute approximate surface area is 140 Å². The molecule has 1 fully saturated rings. The van der Waals surface area contributed by atoms with E-state index in [1.54, 1.807) is 6.07 Å². The lowest BCUT2D eigenvalue weighted by atomic mass is 10.1. The second kappa shape index (κ2) is 7.75. The van der Waals surface area contributed by atoms with Gasteiger partial charge in [-0.1, -0.05) is 13.3 Å². The van der Waals surface area contributed by atoms with Gasteiger partial charge in [-0.25, -0.2) is 0 Å². The van der Waals surface area contributed by atoms with Crippen molar-refractivity contribution >= 4 is 17.3 Å². The molecule has 24 heavy (non-hydrogen) atoms. The van der Waals surface area contributed by atoms with Gasteiger partial charge in [0, 0.05) is 31.3 Å². The summed E-state index contributed by atoms with van der Waals surface area (Å²) in [5, 5.41) is 23.4. The van der Waals surface area contributed by atoms with Gasteiger partial charge in [-0.2, -0.15) is 5.26 Å². The number of carbonyl (C=O) groups is 1. The van der Waals surface area contributed by atoms with Crippen molar-refractivity contribution in [3.05, 3.63) is 33.9 Å². The highest BCUT2D eigenvalue weighted by atomic mass is 16.6. The molecule has 1 aromatic carbocycles. The van der Waals surface area contributed by atoms with Gasteiger partial charge in [-0.3, -0.25) is 14.9 Å². The van der Waals surface area contributed by atoms with Gasteiger partial charge in [0.05, 0.1) is 22.2 Å². The molecule has 1 aromatic rings. The van der Waals surface area contributed by atoms with Gasteiger partial charge >= 0.3 is 0 Å². The van der Waals surface area contributed by atoms with Gasteiger partial charge in [0.1, 0.15) is 6.07 Å². The molecule has 1 saturated heterocycles. The van der Waals surface area contributed by atoms with E-state index in [2.05, 4.69) is 5.32 Å². The van der Waals surface area contributed by atoms with E-state index in [4.69, 9.17) is 5.73 Å². The van der Waals surface area contributed by atoms with Crippen LogP contribution in [0.4, 0.5) is 11.4 Å². The molecule has 0 bridgehead atoms. The predicted molar refractivity (Wildman–Crippen MR) is 89.5 cm³/mol. The summed E-state index contributed by atoms with van der Waals surface area (Å²) in [6, 6.07) is 6.06. The Morgan fingerprint density at radius 3 is 2.96 bits per heavy atom. The normalized spacial score (nSPS) is 18.2. The van der Waals surface area contributed by atoms with Crippen LogP contribution in [0.3, 0.4) is 0 Å². The average molecular weight is 331 g/mol. The van der Waals surface area contributed by atoms with Crippen LogP contribution in [0.25, 0.3) is 0 Å². The zero-order valence-corrected chi connectivity index (χ0v) is 13.6. The molecule has 2 atom stereocenters. The van der Waals surface area contributed by atoms with Crippen molar-refractivity contribution in [2.24, 2.45) is 5.73 Å². The van der Waals surface area contributed by atoms with Crippen molar-refractivity contribution in [1.82, 2.24) is 5.32 Å². The van der Waals surface area contributed by atoms with Crippen LogP contribution in [0.1, 0.15) is 31.7 Å². The molecule has 1 amide bonds. The Balaban J connectivity index is 2.09. The molecule has 8 nitrogen and oxygen atoms in total. The van der Waals surface area contributed by atoms with Crippen molar-refractivity contribution in [2.45, 2.75) is 38.3 Å². The van der Waals surface area contributed by atoms with Crippen LogP contribution in [0.15, 0.2) is 18.2 Å². The monoisotopic (exact) mass is 331 g/mol. The summed E-state index contributed by atoms with van der Waals surface area (Å²) < 4.78 is 0. The van der Waals surface area contributed by atoms with Crippen LogP contribution >= 0.6 is 0 Å². The van der Waals surface area contributed by atoms with Crippen LogP contribution in [0, 0.1) is 21.4 Å². The molecule has 128 valence electrons. The Morgan fingerprint density at radius 2 is 2.38 bits per heavy atom. The highest BCUT2D eigenvalue weighted by Crippen LogP contribution is 2.28. The molecule has 0 spiro atoms. The number of nitrogens with two attached hydrogens (primary N) is 1. The van der Waals surface area contributed by atoms with Crippen LogP contribution < -0.4 is 16.0 Å². The molecule has 0 unspecified atom stereocenters. The summed E-state index contributed by atoms with van der Waals surface area (Å²) in [4.78, 5) is 23.8. The molecule has 0 saturated carbocycles. The number of nitrogens with one attached hydrogen (secondary N) is 1. The van der Waals surface area contributed by atoms with Crippen LogP contribution in [0.2, 0.25) is 0 Å². The minimum Gasteiger partial charge on any atom is -0.369 e. The van der Waals surface area contributed by atoms with Gasteiger partial charge in [0.25, 0.3) is 5.69 Å². The summed E-state index contributed by atoms with van der Waals surface area (Å²) in [6.07, 6.45) is 2.36. The lowest BCUT2D eigenvalue weighted by Gasteiger charge is -2.22. The fraction of sp³-hybridized carbons (Fsp3) is 0.500. The van der Waals surface area contributed by atoms with Gasteiger partial charge in [-0.05, 0) is 18.9 Å². The molecule has 1 aliphatic heterocycles. The van der Waals surface area contributed by atoms with Gasteiger partial charge in [-0.15, -0.1) is 0 Å². The smallest absolute Gasteiger partial charge is 0.270 e. The molecular weight excluding hydrogens is 310 g/mol. The first-order valence-electron chi connectivity index (χ1n) is 7.95. The van der Waals surface area contributed by atoms with E-state index in [1.165, 1.54) is 12.1 Å². The van der Waals surface area contributed by atoms with Crippen molar-refractivity contribution in [1.29, 1.82) is 5.26 Å². The summed E-state index contributed by atoms with van der Waals surface area (Å²) in [7, 11) is 0. The van der Waals surface area contributed by atoms with E-state index in [0.717, 1.165) is 12.8 Å². The number of amides is 1. The Bertz CT molecular complexity index is 670. The minimum atomic E-state index is -0.513. The number of nitro benzene ring substituents is 1. The van der Waals surface area contributed by atoms with Crippen LogP contribution in [-0.2, 0) is 4.79 Å². The number of anilines is 1. The third kappa shape index (κ3) is 4.00. The van der Waals surface area contributed by atoms with Gasteiger partial charge in [0.2, 0.25) is 5.91 Å².